The van der Waals surface area contributed by atoms with Gasteiger partial charge in [-0.05, 0) is 24.7 Å². The van der Waals surface area contributed by atoms with E-state index in [4.69, 9.17) is 16.3 Å². The van der Waals surface area contributed by atoms with Crippen LogP contribution in [0.5, 0.6) is 0 Å². The zero-order valence-electron chi connectivity index (χ0n) is 8.60. The normalized spacial score (nSPS) is 21.7. The average molecular weight is 205 g/mol. The number of alkyl halides is 1. The van der Waals surface area contributed by atoms with Crippen molar-refractivity contribution in [1.29, 1.82) is 0 Å². The molecule has 1 aliphatic carbocycles. The number of ether oxygens (including phenoxy) is 1. The lowest BCUT2D eigenvalue weighted by molar-refractivity contribution is 0.0684. The molecule has 0 radical (unpaired) electrons. The lowest BCUT2D eigenvalue weighted by Crippen LogP contribution is -2.16. The highest BCUT2D eigenvalue weighted by atomic mass is 35.5. The fraction of sp³-hybridized carbons (Fsp3) is 1.00. The summed E-state index contributed by atoms with van der Waals surface area (Å²) in [7, 11) is 0. The molecule has 0 aromatic heterocycles. The molecule has 2 heteroatoms. The first-order valence-electron chi connectivity index (χ1n) is 5.46. The molecule has 1 fully saturated rings. The highest BCUT2D eigenvalue weighted by Crippen LogP contribution is 2.23. The Hall–Kier alpha value is 0.250. The molecule has 78 valence electrons. The Morgan fingerprint density at radius 3 is 2.62 bits per heavy atom. The fourth-order valence-electron chi connectivity index (χ4n) is 1.83. The third kappa shape index (κ3) is 4.87. The third-order valence-electron chi connectivity index (χ3n) is 2.74. The molecule has 0 aliphatic heterocycles. The maximum atomic E-state index is 5.69. The Kier molecular flexibility index (Phi) is 5.81. The third-order valence-corrected chi connectivity index (χ3v) is 3.27. The van der Waals surface area contributed by atoms with Gasteiger partial charge in [0, 0.05) is 12.5 Å². The maximum Gasteiger partial charge on any atom is 0.0503 e. The Morgan fingerprint density at radius 2 is 2.00 bits per heavy atom. The van der Waals surface area contributed by atoms with Crippen LogP contribution in [0.1, 0.15) is 39.0 Å². The van der Waals surface area contributed by atoms with Crippen molar-refractivity contribution in [3.63, 3.8) is 0 Å². The van der Waals surface area contributed by atoms with E-state index in [9.17, 15) is 0 Å². The monoisotopic (exact) mass is 204 g/mol. The summed E-state index contributed by atoms with van der Waals surface area (Å²) in [6.45, 7) is 3.93. The molecule has 0 N–H and O–H groups in total. The number of rotatable bonds is 5. The molecule has 0 aromatic rings. The van der Waals surface area contributed by atoms with Crippen molar-refractivity contribution in [2.24, 2.45) is 11.8 Å². The van der Waals surface area contributed by atoms with Crippen LogP contribution in [0.25, 0.3) is 0 Å². The molecule has 0 spiro atoms. The summed E-state index contributed by atoms with van der Waals surface area (Å²) in [5, 5.41) is 0. The quantitative estimate of drug-likeness (QED) is 0.624. The van der Waals surface area contributed by atoms with Crippen molar-refractivity contribution in [3.8, 4) is 0 Å². The lowest BCUT2D eigenvalue weighted by atomic mass is 9.90. The second-order valence-corrected chi connectivity index (χ2v) is 4.61. The van der Waals surface area contributed by atoms with Crippen LogP contribution in [-0.4, -0.2) is 19.1 Å². The number of hydrogen-bond donors (Lipinski definition) is 0. The molecule has 1 unspecified atom stereocenters. The molecule has 1 atom stereocenters. The molecule has 0 aromatic carbocycles. The fourth-order valence-corrected chi connectivity index (χ4v) is 1.92. The van der Waals surface area contributed by atoms with Gasteiger partial charge in [-0.3, -0.25) is 0 Å². The molecule has 0 heterocycles. The van der Waals surface area contributed by atoms with E-state index < -0.39 is 0 Å². The van der Waals surface area contributed by atoms with Crippen LogP contribution < -0.4 is 0 Å². The van der Waals surface area contributed by atoms with Gasteiger partial charge in [-0.2, -0.15) is 0 Å². The molecule has 1 saturated carbocycles. The molecular weight excluding hydrogens is 184 g/mol. The summed E-state index contributed by atoms with van der Waals surface area (Å²) >= 11 is 5.69. The van der Waals surface area contributed by atoms with Gasteiger partial charge in [0.2, 0.25) is 0 Å². The standard InChI is InChI=1S/C11H21ClO/c1-10(7-12)8-13-9-11-5-3-2-4-6-11/h10-11H,2-9H2,1H3. The van der Waals surface area contributed by atoms with Gasteiger partial charge >= 0.3 is 0 Å². The summed E-state index contributed by atoms with van der Waals surface area (Å²) in [4.78, 5) is 0. The second-order valence-electron chi connectivity index (χ2n) is 4.30. The molecule has 0 bridgehead atoms. The second kappa shape index (κ2) is 6.67. The summed E-state index contributed by atoms with van der Waals surface area (Å²) in [5.41, 5.74) is 0. The smallest absolute Gasteiger partial charge is 0.0503 e. The highest BCUT2D eigenvalue weighted by Gasteiger charge is 2.13. The van der Waals surface area contributed by atoms with Crippen LogP contribution in [0.2, 0.25) is 0 Å². The van der Waals surface area contributed by atoms with Gasteiger partial charge in [0.05, 0.1) is 6.61 Å². The topological polar surface area (TPSA) is 9.23 Å². The van der Waals surface area contributed by atoms with E-state index in [2.05, 4.69) is 6.92 Å². The van der Waals surface area contributed by atoms with E-state index in [-0.39, 0.29) is 0 Å². The van der Waals surface area contributed by atoms with Gasteiger partial charge in [-0.15, -0.1) is 11.6 Å². The predicted octanol–water partition coefficient (Wildman–Crippen LogP) is 3.46. The van der Waals surface area contributed by atoms with Crippen molar-refractivity contribution in [3.05, 3.63) is 0 Å². The van der Waals surface area contributed by atoms with Crippen molar-refractivity contribution < 1.29 is 4.74 Å². The van der Waals surface area contributed by atoms with E-state index in [1.165, 1.54) is 32.1 Å². The molecule has 1 aliphatic rings. The summed E-state index contributed by atoms with van der Waals surface area (Å²) < 4.78 is 5.64. The summed E-state index contributed by atoms with van der Waals surface area (Å²) in [6.07, 6.45) is 6.97. The minimum Gasteiger partial charge on any atom is -0.381 e. The molecule has 13 heavy (non-hydrogen) atoms. The van der Waals surface area contributed by atoms with Gasteiger partial charge in [-0.1, -0.05) is 26.2 Å². The minimum atomic E-state index is 0.505. The Morgan fingerprint density at radius 1 is 1.31 bits per heavy atom. The zero-order chi connectivity index (χ0) is 9.52. The highest BCUT2D eigenvalue weighted by molar-refractivity contribution is 6.18. The molecular formula is C11H21ClO. The first-order valence-corrected chi connectivity index (χ1v) is 6.00. The van der Waals surface area contributed by atoms with E-state index in [1.54, 1.807) is 0 Å². The molecule has 1 nitrogen and oxygen atoms in total. The zero-order valence-corrected chi connectivity index (χ0v) is 9.35. The Labute approximate surface area is 86.8 Å². The predicted molar refractivity (Wildman–Crippen MR) is 57.3 cm³/mol. The molecule has 1 rings (SSSR count). The summed E-state index contributed by atoms with van der Waals surface area (Å²) in [5.74, 6) is 2.05. The van der Waals surface area contributed by atoms with Crippen LogP contribution in [0.3, 0.4) is 0 Å². The van der Waals surface area contributed by atoms with Crippen LogP contribution in [0.4, 0.5) is 0 Å². The van der Waals surface area contributed by atoms with Crippen molar-refractivity contribution in [1.82, 2.24) is 0 Å². The van der Waals surface area contributed by atoms with Crippen LogP contribution in [-0.2, 0) is 4.74 Å². The van der Waals surface area contributed by atoms with Gasteiger partial charge in [0.25, 0.3) is 0 Å². The van der Waals surface area contributed by atoms with Crippen molar-refractivity contribution >= 4 is 11.6 Å². The van der Waals surface area contributed by atoms with E-state index in [0.29, 0.717) is 11.8 Å². The maximum absolute atomic E-state index is 5.69. The van der Waals surface area contributed by atoms with E-state index >= 15 is 0 Å². The first kappa shape index (κ1) is 11.3. The molecule has 0 amide bonds. The van der Waals surface area contributed by atoms with Gasteiger partial charge in [-0.25, -0.2) is 0 Å². The first-order chi connectivity index (χ1) is 6.33. The summed E-state index contributed by atoms with van der Waals surface area (Å²) in [6, 6.07) is 0. The van der Waals surface area contributed by atoms with Gasteiger partial charge in [0.1, 0.15) is 0 Å². The average Bonchev–Trinajstić information content (AvgIpc) is 2.19. The largest absolute Gasteiger partial charge is 0.381 e. The van der Waals surface area contributed by atoms with E-state index in [0.717, 1.165) is 19.1 Å². The van der Waals surface area contributed by atoms with Crippen LogP contribution >= 0.6 is 11.6 Å². The van der Waals surface area contributed by atoms with Crippen LogP contribution in [0, 0.1) is 11.8 Å². The number of halogens is 1. The van der Waals surface area contributed by atoms with Gasteiger partial charge < -0.3 is 4.74 Å². The van der Waals surface area contributed by atoms with Crippen molar-refractivity contribution in [2.75, 3.05) is 19.1 Å². The van der Waals surface area contributed by atoms with Crippen LogP contribution in [0.15, 0.2) is 0 Å². The SMILES string of the molecule is CC(CCl)COCC1CCCCC1. The number of hydrogen-bond acceptors (Lipinski definition) is 1. The lowest BCUT2D eigenvalue weighted by Gasteiger charge is -2.21. The Bertz CT molecular complexity index is 121. The van der Waals surface area contributed by atoms with Gasteiger partial charge in [0.15, 0.2) is 0 Å². The minimum absolute atomic E-state index is 0.505. The molecule has 0 saturated heterocycles. The van der Waals surface area contributed by atoms with E-state index in [1.807, 2.05) is 0 Å². The van der Waals surface area contributed by atoms with Crippen molar-refractivity contribution in [2.45, 2.75) is 39.0 Å². The Balaban J connectivity index is 1.98.